The minimum Gasteiger partial charge on any atom is -0.398 e. The summed E-state index contributed by atoms with van der Waals surface area (Å²) in [7, 11) is 0. The van der Waals surface area contributed by atoms with Gasteiger partial charge in [-0.05, 0) is 43.9 Å². The van der Waals surface area contributed by atoms with Gasteiger partial charge >= 0.3 is 0 Å². The van der Waals surface area contributed by atoms with E-state index in [9.17, 15) is 4.79 Å². The van der Waals surface area contributed by atoms with Gasteiger partial charge in [-0.2, -0.15) is 0 Å². The number of hydrogen-bond acceptors (Lipinski definition) is 2. The number of allylic oxidation sites excluding steroid dienone is 1. The van der Waals surface area contributed by atoms with Crippen molar-refractivity contribution in [1.82, 2.24) is 5.32 Å². The second kappa shape index (κ2) is 5.91. The SMILES string of the molecule is Nc1ccc(Cl)cc1C(=O)NCCC1=CCCC1. The lowest BCUT2D eigenvalue weighted by atomic mass is 10.1. The van der Waals surface area contributed by atoms with E-state index in [2.05, 4.69) is 11.4 Å². The zero-order valence-corrected chi connectivity index (χ0v) is 11.0. The van der Waals surface area contributed by atoms with Crippen LogP contribution in [-0.4, -0.2) is 12.5 Å². The minimum absolute atomic E-state index is 0.159. The van der Waals surface area contributed by atoms with Crippen molar-refractivity contribution in [3.63, 3.8) is 0 Å². The summed E-state index contributed by atoms with van der Waals surface area (Å²) >= 11 is 5.85. The van der Waals surface area contributed by atoms with Gasteiger partial charge in [0.15, 0.2) is 0 Å². The van der Waals surface area contributed by atoms with E-state index in [1.165, 1.54) is 18.4 Å². The highest BCUT2D eigenvalue weighted by Crippen LogP contribution is 2.20. The molecule has 1 aliphatic carbocycles. The Kier molecular flexibility index (Phi) is 4.26. The molecule has 4 heteroatoms. The maximum absolute atomic E-state index is 11.9. The molecular weight excluding hydrogens is 248 g/mol. The molecule has 96 valence electrons. The first-order valence-electron chi connectivity index (χ1n) is 6.18. The molecule has 0 aromatic heterocycles. The molecule has 1 aromatic rings. The fraction of sp³-hybridized carbons (Fsp3) is 0.357. The van der Waals surface area contributed by atoms with Crippen molar-refractivity contribution < 1.29 is 4.79 Å². The lowest BCUT2D eigenvalue weighted by Crippen LogP contribution is -2.25. The lowest BCUT2D eigenvalue weighted by Gasteiger charge is -2.08. The van der Waals surface area contributed by atoms with Crippen LogP contribution in [0.3, 0.4) is 0 Å². The van der Waals surface area contributed by atoms with Gasteiger partial charge in [0, 0.05) is 17.3 Å². The number of nitrogen functional groups attached to an aromatic ring is 1. The molecule has 0 atom stereocenters. The van der Waals surface area contributed by atoms with Crippen LogP contribution >= 0.6 is 11.6 Å². The fourth-order valence-corrected chi connectivity index (χ4v) is 2.29. The number of carbonyl (C=O) groups is 1. The molecule has 0 aliphatic heterocycles. The van der Waals surface area contributed by atoms with Crippen LogP contribution in [0.1, 0.15) is 36.0 Å². The Hall–Kier alpha value is -1.48. The molecule has 0 bridgehead atoms. The van der Waals surface area contributed by atoms with Crippen molar-refractivity contribution in [2.24, 2.45) is 0 Å². The normalized spacial score (nSPS) is 14.4. The highest BCUT2D eigenvalue weighted by molar-refractivity contribution is 6.31. The van der Waals surface area contributed by atoms with E-state index < -0.39 is 0 Å². The summed E-state index contributed by atoms with van der Waals surface area (Å²) in [6.45, 7) is 0.649. The third-order valence-corrected chi connectivity index (χ3v) is 3.36. The molecule has 0 fully saturated rings. The minimum atomic E-state index is -0.159. The molecule has 2 rings (SSSR count). The third kappa shape index (κ3) is 3.26. The van der Waals surface area contributed by atoms with Crippen LogP contribution in [0.15, 0.2) is 29.8 Å². The number of halogens is 1. The van der Waals surface area contributed by atoms with Crippen molar-refractivity contribution in [3.05, 3.63) is 40.4 Å². The van der Waals surface area contributed by atoms with Crippen molar-refractivity contribution in [3.8, 4) is 0 Å². The van der Waals surface area contributed by atoms with Crippen LogP contribution < -0.4 is 11.1 Å². The molecule has 1 aliphatic rings. The first-order chi connectivity index (χ1) is 8.66. The summed E-state index contributed by atoms with van der Waals surface area (Å²) in [4.78, 5) is 11.9. The molecule has 1 amide bonds. The highest BCUT2D eigenvalue weighted by Gasteiger charge is 2.10. The maximum Gasteiger partial charge on any atom is 0.253 e. The summed E-state index contributed by atoms with van der Waals surface area (Å²) in [5.74, 6) is -0.159. The van der Waals surface area contributed by atoms with Gasteiger partial charge in [0.1, 0.15) is 0 Å². The largest absolute Gasteiger partial charge is 0.398 e. The van der Waals surface area contributed by atoms with Gasteiger partial charge in [-0.3, -0.25) is 4.79 Å². The Morgan fingerprint density at radius 2 is 2.28 bits per heavy atom. The zero-order valence-electron chi connectivity index (χ0n) is 10.2. The number of rotatable bonds is 4. The molecule has 18 heavy (non-hydrogen) atoms. The smallest absolute Gasteiger partial charge is 0.253 e. The van der Waals surface area contributed by atoms with Crippen molar-refractivity contribution in [2.45, 2.75) is 25.7 Å². The Morgan fingerprint density at radius 3 is 3.00 bits per heavy atom. The predicted molar refractivity (Wildman–Crippen MR) is 74.7 cm³/mol. The summed E-state index contributed by atoms with van der Waals surface area (Å²) in [6, 6.07) is 4.93. The predicted octanol–water partition coefficient (Wildman–Crippen LogP) is 3.15. The summed E-state index contributed by atoms with van der Waals surface area (Å²) in [6.07, 6.45) is 6.76. The second-order valence-electron chi connectivity index (χ2n) is 4.49. The molecular formula is C14H17ClN2O. The molecule has 0 heterocycles. The maximum atomic E-state index is 11.9. The average Bonchev–Trinajstić information content (AvgIpc) is 2.85. The summed E-state index contributed by atoms with van der Waals surface area (Å²) < 4.78 is 0. The first kappa shape index (κ1) is 13.0. The zero-order chi connectivity index (χ0) is 13.0. The van der Waals surface area contributed by atoms with Gasteiger partial charge in [-0.15, -0.1) is 0 Å². The Morgan fingerprint density at radius 1 is 1.44 bits per heavy atom. The number of nitrogens with one attached hydrogen (secondary N) is 1. The number of benzene rings is 1. The van der Waals surface area contributed by atoms with Crippen LogP contribution in [0.25, 0.3) is 0 Å². The van der Waals surface area contributed by atoms with E-state index in [0.717, 1.165) is 12.8 Å². The number of anilines is 1. The Labute approximate surface area is 112 Å². The van der Waals surface area contributed by atoms with E-state index in [1.54, 1.807) is 18.2 Å². The van der Waals surface area contributed by atoms with Gasteiger partial charge in [-0.1, -0.05) is 23.3 Å². The number of amides is 1. The van der Waals surface area contributed by atoms with Crippen LogP contribution in [0.4, 0.5) is 5.69 Å². The van der Waals surface area contributed by atoms with E-state index in [-0.39, 0.29) is 5.91 Å². The number of hydrogen-bond donors (Lipinski definition) is 2. The molecule has 3 N–H and O–H groups in total. The lowest BCUT2D eigenvalue weighted by molar-refractivity contribution is 0.0955. The topological polar surface area (TPSA) is 55.1 Å². The molecule has 0 saturated heterocycles. The van der Waals surface area contributed by atoms with Crippen LogP contribution in [-0.2, 0) is 0 Å². The van der Waals surface area contributed by atoms with E-state index in [4.69, 9.17) is 17.3 Å². The van der Waals surface area contributed by atoms with Crippen LogP contribution in [0.5, 0.6) is 0 Å². The monoisotopic (exact) mass is 264 g/mol. The standard InChI is InChI=1S/C14H17ClN2O/c15-11-5-6-13(16)12(9-11)14(18)17-8-7-10-3-1-2-4-10/h3,5-6,9H,1-2,4,7-8,16H2,(H,17,18). The van der Waals surface area contributed by atoms with E-state index >= 15 is 0 Å². The quantitative estimate of drug-likeness (QED) is 0.648. The van der Waals surface area contributed by atoms with Gasteiger partial charge in [0.05, 0.1) is 5.56 Å². The first-order valence-corrected chi connectivity index (χ1v) is 6.56. The third-order valence-electron chi connectivity index (χ3n) is 3.13. The number of nitrogens with two attached hydrogens (primary N) is 1. The van der Waals surface area contributed by atoms with E-state index in [0.29, 0.717) is 22.8 Å². The highest BCUT2D eigenvalue weighted by atomic mass is 35.5. The van der Waals surface area contributed by atoms with E-state index in [1.807, 2.05) is 0 Å². The molecule has 0 saturated carbocycles. The van der Waals surface area contributed by atoms with Gasteiger partial charge < -0.3 is 11.1 Å². The Bertz CT molecular complexity index is 483. The fourth-order valence-electron chi connectivity index (χ4n) is 2.12. The molecule has 0 spiro atoms. The molecule has 3 nitrogen and oxygen atoms in total. The van der Waals surface area contributed by atoms with Crippen molar-refractivity contribution in [1.29, 1.82) is 0 Å². The summed E-state index contributed by atoms with van der Waals surface area (Å²) in [5.41, 5.74) is 8.10. The summed E-state index contributed by atoms with van der Waals surface area (Å²) in [5, 5.41) is 3.40. The number of carbonyl (C=O) groups excluding carboxylic acids is 1. The second-order valence-corrected chi connectivity index (χ2v) is 4.93. The van der Waals surface area contributed by atoms with Crippen molar-refractivity contribution >= 4 is 23.2 Å². The molecule has 1 aromatic carbocycles. The van der Waals surface area contributed by atoms with Crippen LogP contribution in [0.2, 0.25) is 5.02 Å². The van der Waals surface area contributed by atoms with Crippen molar-refractivity contribution in [2.75, 3.05) is 12.3 Å². The Balaban J connectivity index is 1.89. The van der Waals surface area contributed by atoms with Gasteiger partial charge in [0.2, 0.25) is 0 Å². The van der Waals surface area contributed by atoms with Crippen LogP contribution in [0, 0.1) is 0 Å². The molecule has 0 radical (unpaired) electrons. The average molecular weight is 265 g/mol. The van der Waals surface area contributed by atoms with Gasteiger partial charge in [-0.25, -0.2) is 0 Å². The van der Waals surface area contributed by atoms with Gasteiger partial charge in [0.25, 0.3) is 5.91 Å². The molecule has 0 unspecified atom stereocenters.